The van der Waals surface area contributed by atoms with Gasteiger partial charge in [0.1, 0.15) is 17.2 Å². The molecule has 16 heavy (non-hydrogen) atoms. The van der Waals surface area contributed by atoms with Crippen LogP contribution in [0.5, 0.6) is 5.75 Å². The van der Waals surface area contributed by atoms with E-state index in [2.05, 4.69) is 0 Å². The Labute approximate surface area is 92.3 Å². The minimum absolute atomic E-state index is 0.335. The van der Waals surface area contributed by atoms with Crippen molar-refractivity contribution in [2.45, 2.75) is 4.90 Å². The first kappa shape index (κ1) is 10.8. The van der Waals surface area contributed by atoms with Crippen LogP contribution in [0.1, 0.15) is 0 Å². The number of aryl methyl sites for hydroxylation is 1. The fourth-order valence-electron chi connectivity index (χ4n) is 1.60. The molecule has 1 N–H and O–H groups in total. The maximum absolute atomic E-state index is 10.9. The molecule has 6 heteroatoms. The molecule has 1 heterocycles. The Hall–Kier alpha value is -1.66. The van der Waals surface area contributed by atoms with E-state index < -0.39 is 20.8 Å². The van der Waals surface area contributed by atoms with Gasteiger partial charge in [0.05, 0.1) is 5.39 Å². The van der Waals surface area contributed by atoms with Gasteiger partial charge in [-0.1, -0.05) is 12.1 Å². The van der Waals surface area contributed by atoms with Gasteiger partial charge in [0.25, 0.3) is 0 Å². The molecule has 2 rings (SSSR count). The number of rotatable bonds is 1. The van der Waals surface area contributed by atoms with Crippen LogP contribution in [0.15, 0.2) is 35.4 Å². The van der Waals surface area contributed by atoms with Crippen LogP contribution in [0.4, 0.5) is 0 Å². The summed E-state index contributed by atoms with van der Waals surface area (Å²) >= 11 is 0. The Kier molecular flexibility index (Phi) is 2.32. The van der Waals surface area contributed by atoms with Gasteiger partial charge >= 0.3 is 0 Å². The molecule has 0 aliphatic carbocycles. The molecule has 0 unspecified atom stereocenters. The Morgan fingerprint density at radius 1 is 1.31 bits per heavy atom. The van der Waals surface area contributed by atoms with E-state index >= 15 is 0 Å². The molecule has 0 saturated heterocycles. The fraction of sp³-hybridized carbons (Fsp3) is 0.100. The average Bonchev–Trinajstić information content (AvgIpc) is 2.22. The minimum atomic E-state index is -4.67. The van der Waals surface area contributed by atoms with Crippen LogP contribution in [0.2, 0.25) is 0 Å². The van der Waals surface area contributed by atoms with Crippen LogP contribution in [0, 0.1) is 0 Å². The first-order chi connectivity index (χ1) is 7.41. The lowest BCUT2D eigenvalue weighted by atomic mass is 10.2. The molecule has 0 spiro atoms. The van der Waals surface area contributed by atoms with Gasteiger partial charge in [-0.25, -0.2) is 8.42 Å². The van der Waals surface area contributed by atoms with Crippen LogP contribution in [-0.4, -0.2) is 18.1 Å². The molecule has 1 aromatic heterocycles. The molecule has 5 nitrogen and oxygen atoms in total. The number of hydrogen-bond donors (Lipinski definition) is 1. The fourth-order valence-corrected chi connectivity index (χ4v) is 2.24. The van der Waals surface area contributed by atoms with Crippen LogP contribution < -0.4 is 4.57 Å². The SMILES string of the molecule is C[n+]1cc(S(=O)(=O)[O-])c(O)c2ccccc21. The van der Waals surface area contributed by atoms with Crippen molar-refractivity contribution in [3.8, 4) is 5.75 Å². The largest absolute Gasteiger partial charge is 0.744 e. The van der Waals surface area contributed by atoms with Crippen molar-refractivity contribution in [3.63, 3.8) is 0 Å². The van der Waals surface area contributed by atoms with Crippen molar-refractivity contribution in [2.24, 2.45) is 7.05 Å². The van der Waals surface area contributed by atoms with Gasteiger partial charge in [-0.3, -0.25) is 0 Å². The smallest absolute Gasteiger partial charge is 0.216 e. The standard InChI is InChI=1S/C10H9NO4S/c1-11-6-9(16(13,14)15)10(12)7-4-2-3-5-8(7)11/h2-6H,1H3,(H,13,14,15). The van der Waals surface area contributed by atoms with E-state index in [4.69, 9.17) is 0 Å². The van der Waals surface area contributed by atoms with E-state index in [0.29, 0.717) is 10.9 Å². The highest BCUT2D eigenvalue weighted by atomic mass is 32.2. The quantitative estimate of drug-likeness (QED) is 0.572. The third kappa shape index (κ3) is 1.62. The topological polar surface area (TPSA) is 81.3 Å². The maximum atomic E-state index is 10.9. The average molecular weight is 239 g/mol. The highest BCUT2D eigenvalue weighted by Crippen LogP contribution is 2.28. The number of pyridine rings is 1. The third-order valence-electron chi connectivity index (χ3n) is 2.35. The van der Waals surface area contributed by atoms with E-state index in [1.807, 2.05) is 0 Å². The number of benzene rings is 1. The summed E-state index contributed by atoms with van der Waals surface area (Å²) in [5.41, 5.74) is 0.646. The third-order valence-corrected chi connectivity index (χ3v) is 3.19. The molecule has 0 aliphatic heterocycles. The zero-order chi connectivity index (χ0) is 11.9. The van der Waals surface area contributed by atoms with Gasteiger partial charge in [-0.2, -0.15) is 4.57 Å². The molecular weight excluding hydrogens is 230 g/mol. The van der Waals surface area contributed by atoms with Gasteiger partial charge in [-0.05, 0) is 6.07 Å². The monoisotopic (exact) mass is 239 g/mol. The number of aromatic hydroxyl groups is 1. The lowest BCUT2D eigenvalue weighted by Crippen LogP contribution is -2.29. The summed E-state index contributed by atoms with van der Waals surface area (Å²) < 4.78 is 34.2. The Balaban J connectivity index is 2.97. The van der Waals surface area contributed by atoms with Crippen molar-refractivity contribution < 1.29 is 22.6 Å². The van der Waals surface area contributed by atoms with Crippen LogP contribution in [0.3, 0.4) is 0 Å². The van der Waals surface area contributed by atoms with Gasteiger partial charge in [0.15, 0.2) is 16.8 Å². The lowest BCUT2D eigenvalue weighted by Gasteiger charge is -2.09. The molecule has 0 radical (unpaired) electrons. The number of hydrogen-bond acceptors (Lipinski definition) is 4. The van der Waals surface area contributed by atoms with Crippen molar-refractivity contribution in [1.29, 1.82) is 0 Å². The predicted molar refractivity (Wildman–Crippen MR) is 54.8 cm³/mol. The summed E-state index contributed by atoms with van der Waals surface area (Å²) in [6.07, 6.45) is 1.11. The molecule has 0 atom stereocenters. The van der Waals surface area contributed by atoms with E-state index in [1.54, 1.807) is 31.3 Å². The van der Waals surface area contributed by atoms with E-state index in [0.717, 1.165) is 6.20 Å². The second-order valence-corrected chi connectivity index (χ2v) is 4.77. The first-order valence-corrected chi connectivity index (χ1v) is 5.88. The second-order valence-electron chi connectivity index (χ2n) is 3.42. The summed E-state index contributed by atoms with van der Waals surface area (Å²) in [5, 5.41) is 10.1. The summed E-state index contributed by atoms with van der Waals surface area (Å²) in [5.74, 6) is -0.497. The van der Waals surface area contributed by atoms with Crippen LogP contribution in [0.25, 0.3) is 10.9 Å². The first-order valence-electron chi connectivity index (χ1n) is 4.47. The molecule has 2 aromatic rings. The summed E-state index contributed by atoms with van der Waals surface area (Å²) in [4.78, 5) is -0.603. The van der Waals surface area contributed by atoms with Gasteiger partial charge in [0, 0.05) is 6.07 Å². The van der Waals surface area contributed by atoms with E-state index in [1.165, 1.54) is 4.57 Å². The van der Waals surface area contributed by atoms with Crippen molar-refractivity contribution in [2.75, 3.05) is 0 Å². The molecule has 0 saturated carbocycles. The van der Waals surface area contributed by atoms with Crippen molar-refractivity contribution >= 4 is 21.0 Å². The second kappa shape index (κ2) is 3.43. The van der Waals surface area contributed by atoms with Crippen LogP contribution in [-0.2, 0) is 17.2 Å². The number of aromatic nitrogens is 1. The van der Waals surface area contributed by atoms with E-state index in [-0.39, 0.29) is 0 Å². The Morgan fingerprint density at radius 2 is 1.94 bits per heavy atom. The predicted octanol–water partition coefficient (Wildman–Crippen LogP) is 0.274. The van der Waals surface area contributed by atoms with Gasteiger partial charge in [-0.15, -0.1) is 0 Å². The molecule has 0 aliphatic rings. The normalized spacial score (nSPS) is 11.9. The van der Waals surface area contributed by atoms with Crippen LogP contribution >= 0.6 is 0 Å². The van der Waals surface area contributed by atoms with Crippen molar-refractivity contribution in [1.82, 2.24) is 0 Å². The number of fused-ring (bicyclic) bond motifs is 1. The number of para-hydroxylation sites is 1. The molecule has 0 fully saturated rings. The van der Waals surface area contributed by atoms with Crippen molar-refractivity contribution in [3.05, 3.63) is 30.5 Å². The van der Waals surface area contributed by atoms with E-state index in [9.17, 15) is 18.1 Å². The Bertz CT molecular complexity index is 664. The highest BCUT2D eigenvalue weighted by molar-refractivity contribution is 7.85. The Morgan fingerprint density at radius 3 is 2.56 bits per heavy atom. The zero-order valence-electron chi connectivity index (χ0n) is 8.41. The number of nitrogens with zero attached hydrogens (tertiary/aromatic N) is 1. The molecule has 84 valence electrons. The highest BCUT2D eigenvalue weighted by Gasteiger charge is 2.18. The minimum Gasteiger partial charge on any atom is -0.744 e. The summed E-state index contributed by atoms with van der Waals surface area (Å²) in [6, 6.07) is 6.69. The maximum Gasteiger partial charge on any atom is 0.216 e. The molecule has 1 aromatic carbocycles. The van der Waals surface area contributed by atoms with Gasteiger partial charge in [0.2, 0.25) is 5.52 Å². The lowest BCUT2D eigenvalue weighted by molar-refractivity contribution is -0.646. The van der Waals surface area contributed by atoms with Gasteiger partial charge < -0.3 is 9.66 Å². The molecule has 0 bridgehead atoms. The molecule has 0 amide bonds. The zero-order valence-corrected chi connectivity index (χ0v) is 9.23. The molecular formula is C10H9NO4S. The summed E-state index contributed by atoms with van der Waals surface area (Å²) in [7, 11) is -3.06. The summed E-state index contributed by atoms with van der Waals surface area (Å²) in [6.45, 7) is 0.